The number of carbonyl (C=O) groups excluding carboxylic acids is 7. The number of ether oxygens (including phenoxy) is 1. The van der Waals surface area contributed by atoms with Crippen molar-refractivity contribution in [2.24, 2.45) is 22.4 Å². The molecule has 1 fully saturated rings. The number of nitrogens with one attached hydrogen (secondary N) is 6. The minimum absolute atomic E-state index is 0.00902. The number of fused-ring (bicyclic) bond motifs is 1. The number of carbonyl (C=O) groups is 7. The Labute approximate surface area is 434 Å². The Morgan fingerprint density at radius 2 is 1.54 bits per heavy atom. The maximum Gasteiger partial charge on any atom is 0.407 e. The standard InChI is InChI=1S/C54H76N12O8/c1-6-9-10-11-14-47(67)64-48(35(4)5)51(70)63-43(13-12-25-57-53(56)72)50(69)59-40-19-15-36(16-20-40)34-74-54(73)61-41-23-28-65(29-24-41)46-22-21-42(33-58-46)60-49(68)38-18-17-37-30-39(32-45(55)62-44(37)31-38)52(71)66(26-7-2)27-8-3/h15-22,30-31,33,35,41,43,48H,6-14,23-29,32,34H2,1-5H3,(H2,55,62)(H,59,69)(H,60,68)(H,61,73)(H,63,70)(H,64,67)(H3,56,57,72)/t43-,48-/m0/s1. The van der Waals surface area contributed by atoms with Crippen molar-refractivity contribution in [1.29, 1.82) is 0 Å². The van der Waals surface area contributed by atoms with Crippen LogP contribution in [0.5, 0.6) is 0 Å². The predicted molar refractivity (Wildman–Crippen MR) is 288 cm³/mol. The first-order valence-electron chi connectivity index (χ1n) is 26.0. The van der Waals surface area contributed by atoms with E-state index in [2.05, 4.69) is 53.7 Å². The molecule has 3 heterocycles. The summed E-state index contributed by atoms with van der Waals surface area (Å²) in [6.07, 6.45) is 10.7. The Kier molecular flexibility index (Phi) is 22.7. The number of nitrogens with zero attached hydrogens (tertiary/aromatic N) is 4. The van der Waals surface area contributed by atoms with E-state index in [0.29, 0.717) is 97.0 Å². The van der Waals surface area contributed by atoms with Crippen LogP contribution in [0.3, 0.4) is 0 Å². The number of aromatic nitrogens is 1. The molecule has 5 rings (SSSR count). The van der Waals surface area contributed by atoms with Crippen LogP contribution in [0.2, 0.25) is 0 Å². The van der Waals surface area contributed by atoms with E-state index in [1.165, 1.54) is 0 Å². The molecule has 74 heavy (non-hydrogen) atoms. The van der Waals surface area contributed by atoms with Gasteiger partial charge in [0.2, 0.25) is 23.6 Å². The molecule has 10 N–H and O–H groups in total. The van der Waals surface area contributed by atoms with Crippen LogP contribution in [-0.4, -0.2) is 108 Å². The number of amidine groups is 1. The van der Waals surface area contributed by atoms with Crippen LogP contribution in [0.15, 0.2) is 71.4 Å². The van der Waals surface area contributed by atoms with Gasteiger partial charge in [0, 0.05) is 74.0 Å². The maximum absolute atomic E-state index is 13.5. The third-order valence-electron chi connectivity index (χ3n) is 12.7. The third-order valence-corrected chi connectivity index (χ3v) is 12.7. The second kappa shape index (κ2) is 29.3. The second-order valence-corrected chi connectivity index (χ2v) is 19.1. The zero-order valence-electron chi connectivity index (χ0n) is 43.6. The molecular formula is C54H76N12O8. The van der Waals surface area contributed by atoms with Crippen molar-refractivity contribution in [3.05, 3.63) is 83.1 Å². The van der Waals surface area contributed by atoms with Gasteiger partial charge in [0.25, 0.3) is 5.91 Å². The summed E-state index contributed by atoms with van der Waals surface area (Å²) >= 11 is 0. The fraction of sp³-hybridized carbons (Fsp3) is 0.500. The average Bonchev–Trinajstić information content (AvgIpc) is 3.55. The first-order chi connectivity index (χ1) is 35.6. The molecule has 400 valence electrons. The zero-order chi connectivity index (χ0) is 53.6. The van der Waals surface area contributed by atoms with Crippen molar-refractivity contribution in [3.8, 4) is 0 Å². The lowest BCUT2D eigenvalue weighted by Gasteiger charge is -2.33. The van der Waals surface area contributed by atoms with Crippen LogP contribution >= 0.6 is 0 Å². The van der Waals surface area contributed by atoms with E-state index in [0.717, 1.165) is 44.3 Å². The average molecular weight is 1020 g/mol. The van der Waals surface area contributed by atoms with Gasteiger partial charge in [0.1, 0.15) is 30.3 Å². The third kappa shape index (κ3) is 18.2. The number of primary amides is 1. The molecule has 8 amide bonds. The quantitative estimate of drug-likeness (QED) is 0.0395. The first kappa shape index (κ1) is 57.4. The van der Waals surface area contributed by atoms with Crippen molar-refractivity contribution in [1.82, 2.24) is 31.2 Å². The molecule has 2 atom stereocenters. The smallest absolute Gasteiger partial charge is 0.407 e. The molecule has 1 aromatic heterocycles. The zero-order valence-corrected chi connectivity index (χ0v) is 43.6. The molecule has 3 aromatic rings. The number of aliphatic imine (C=N–C) groups is 1. The Morgan fingerprint density at radius 3 is 2.19 bits per heavy atom. The highest BCUT2D eigenvalue weighted by Crippen LogP contribution is 2.29. The minimum atomic E-state index is -0.981. The number of rotatable bonds is 26. The van der Waals surface area contributed by atoms with Gasteiger partial charge in [-0.15, -0.1) is 0 Å². The highest BCUT2D eigenvalue weighted by Gasteiger charge is 2.29. The van der Waals surface area contributed by atoms with E-state index < -0.39 is 36.0 Å². The number of benzene rings is 2. The number of pyridine rings is 1. The number of anilines is 3. The van der Waals surface area contributed by atoms with Crippen molar-refractivity contribution >= 4 is 76.5 Å². The van der Waals surface area contributed by atoms with Gasteiger partial charge in [-0.25, -0.2) is 19.6 Å². The van der Waals surface area contributed by atoms with Crippen LogP contribution in [0.25, 0.3) is 6.08 Å². The molecular weight excluding hydrogens is 945 g/mol. The van der Waals surface area contributed by atoms with E-state index in [4.69, 9.17) is 16.2 Å². The van der Waals surface area contributed by atoms with Crippen molar-refractivity contribution in [2.45, 2.75) is 136 Å². The van der Waals surface area contributed by atoms with E-state index in [-0.39, 0.29) is 55.7 Å². The fourth-order valence-electron chi connectivity index (χ4n) is 8.64. The SMILES string of the molecule is CCCCCCC(=O)N[C@H](C(=O)N[C@@H](CCCNC(N)=O)C(=O)Nc1ccc(COC(=O)NC2CCN(c3ccc(NC(=O)c4ccc5c(c4)N=C(N)CC(C(=O)N(CCC)CCC)=C5)cn3)CC2)cc1)C(C)C. The monoisotopic (exact) mass is 1020 g/mol. The molecule has 1 saturated heterocycles. The van der Waals surface area contributed by atoms with Crippen LogP contribution in [0.4, 0.5) is 32.5 Å². The number of alkyl carbamates (subject to hydrolysis) is 1. The van der Waals surface area contributed by atoms with Gasteiger partial charge in [0.15, 0.2) is 0 Å². The summed E-state index contributed by atoms with van der Waals surface area (Å²) in [5.74, 6) is -0.795. The lowest BCUT2D eigenvalue weighted by atomic mass is 10.0. The molecule has 20 heteroatoms. The molecule has 0 spiro atoms. The van der Waals surface area contributed by atoms with Gasteiger partial charge in [-0.1, -0.05) is 72.1 Å². The van der Waals surface area contributed by atoms with Crippen LogP contribution in [0, 0.1) is 5.92 Å². The molecule has 0 bridgehead atoms. The highest BCUT2D eigenvalue weighted by atomic mass is 16.5. The maximum atomic E-state index is 13.5. The molecule has 2 aliphatic rings. The van der Waals surface area contributed by atoms with E-state index >= 15 is 0 Å². The van der Waals surface area contributed by atoms with Gasteiger partial charge in [-0.05, 0) is 98.9 Å². The number of urea groups is 1. The molecule has 0 radical (unpaired) electrons. The molecule has 20 nitrogen and oxygen atoms in total. The normalized spacial score (nSPS) is 14.2. The van der Waals surface area contributed by atoms with Crippen LogP contribution in [-0.2, 0) is 30.5 Å². The molecule has 0 unspecified atom stereocenters. The van der Waals surface area contributed by atoms with Gasteiger partial charge in [-0.2, -0.15) is 0 Å². The first-order valence-corrected chi connectivity index (χ1v) is 26.0. The molecule has 0 aliphatic carbocycles. The van der Waals surface area contributed by atoms with Crippen LogP contribution < -0.4 is 48.3 Å². The largest absolute Gasteiger partial charge is 0.445 e. The number of unbranched alkanes of at least 4 members (excludes halogenated alkanes) is 3. The van der Waals surface area contributed by atoms with E-state index in [9.17, 15) is 33.6 Å². The number of piperidine rings is 1. The van der Waals surface area contributed by atoms with Crippen molar-refractivity contribution < 1.29 is 38.3 Å². The predicted octanol–water partition coefficient (Wildman–Crippen LogP) is 6.64. The summed E-state index contributed by atoms with van der Waals surface area (Å²) in [4.78, 5) is 104. The summed E-state index contributed by atoms with van der Waals surface area (Å²) in [5, 5.41) is 16.8. The molecule has 2 aliphatic heterocycles. The lowest BCUT2D eigenvalue weighted by molar-refractivity contribution is -0.132. The Bertz CT molecular complexity index is 2450. The summed E-state index contributed by atoms with van der Waals surface area (Å²) in [6, 6.07) is 12.9. The molecule has 0 saturated carbocycles. The van der Waals surface area contributed by atoms with Gasteiger partial charge < -0.3 is 57.9 Å². The summed E-state index contributed by atoms with van der Waals surface area (Å²) in [6.45, 7) is 12.6. The second-order valence-electron chi connectivity index (χ2n) is 19.1. The topological polar surface area (TPSA) is 285 Å². The number of hydrogen-bond donors (Lipinski definition) is 8. The number of nitrogens with two attached hydrogens (primary N) is 2. The van der Waals surface area contributed by atoms with Gasteiger partial charge in [-0.3, -0.25) is 24.0 Å². The molecule has 2 aromatic carbocycles. The van der Waals surface area contributed by atoms with Crippen molar-refractivity contribution in [3.63, 3.8) is 0 Å². The fourth-order valence-corrected chi connectivity index (χ4v) is 8.64. The summed E-state index contributed by atoms with van der Waals surface area (Å²) < 4.78 is 5.53. The lowest BCUT2D eigenvalue weighted by Crippen LogP contribution is -2.54. The minimum Gasteiger partial charge on any atom is -0.445 e. The Morgan fingerprint density at radius 1 is 0.824 bits per heavy atom. The highest BCUT2D eigenvalue weighted by molar-refractivity contribution is 6.08. The van der Waals surface area contributed by atoms with Gasteiger partial charge >= 0.3 is 12.1 Å². The Hall–Kier alpha value is -7.51. The number of amides is 8. The Balaban J connectivity index is 1.06. The van der Waals surface area contributed by atoms with E-state index in [1.54, 1.807) is 54.7 Å². The van der Waals surface area contributed by atoms with Crippen LogP contribution in [0.1, 0.15) is 133 Å². The van der Waals surface area contributed by atoms with Crippen molar-refractivity contribution in [2.75, 3.05) is 48.3 Å². The number of hydrogen-bond acceptors (Lipinski definition) is 12. The summed E-state index contributed by atoms with van der Waals surface area (Å²) in [5.41, 5.74) is 15.3. The summed E-state index contributed by atoms with van der Waals surface area (Å²) in [7, 11) is 0. The van der Waals surface area contributed by atoms with Gasteiger partial charge in [0.05, 0.1) is 17.6 Å². The van der Waals surface area contributed by atoms with E-state index in [1.807, 2.05) is 44.7 Å².